The van der Waals surface area contributed by atoms with Crippen LogP contribution in [0.1, 0.15) is 25.0 Å². The predicted molar refractivity (Wildman–Crippen MR) is 88.0 cm³/mol. The van der Waals surface area contributed by atoms with E-state index in [-0.39, 0.29) is 4.90 Å². The Labute approximate surface area is 124 Å². The molecule has 0 N–H and O–H groups in total. The molecule has 0 fully saturated rings. The maximum Gasteiger partial charge on any atom is 0.197 e. The van der Waals surface area contributed by atoms with Gasteiger partial charge in [0.1, 0.15) is 0 Å². The second kappa shape index (κ2) is 7.03. The van der Waals surface area contributed by atoms with Crippen molar-refractivity contribution in [1.29, 1.82) is 0 Å². The van der Waals surface area contributed by atoms with E-state index in [1.54, 1.807) is 12.1 Å². The summed E-state index contributed by atoms with van der Waals surface area (Å²) in [5, 5.41) is 1.80. The molecule has 6 nitrogen and oxygen atoms in total. The number of nitroso groups, excluding NO2 is 3. The number of fused-ring (bicyclic) bond motifs is 1. The van der Waals surface area contributed by atoms with Gasteiger partial charge < -0.3 is 0 Å². The lowest BCUT2D eigenvalue weighted by Crippen LogP contribution is -1.91. The van der Waals surface area contributed by atoms with Crippen LogP contribution in [0.5, 0.6) is 0 Å². The lowest BCUT2D eigenvalue weighted by molar-refractivity contribution is 1.34. The normalized spacial score (nSPS) is 11.2. The molecule has 0 aliphatic rings. The van der Waals surface area contributed by atoms with Gasteiger partial charge in [-0.2, -0.15) is 0 Å². The van der Waals surface area contributed by atoms with Crippen molar-refractivity contribution in [1.82, 2.24) is 0 Å². The van der Waals surface area contributed by atoms with E-state index in [4.69, 9.17) is 0 Å². The van der Waals surface area contributed by atoms with E-state index >= 15 is 0 Å². The number of hydrogen-bond acceptors (Lipinski definition) is 6. The number of benzene rings is 2. The molecule has 0 atom stereocenters. The fourth-order valence-corrected chi connectivity index (χ4v) is 2.93. The summed E-state index contributed by atoms with van der Waals surface area (Å²) in [6.45, 7) is 7.75. The summed E-state index contributed by atoms with van der Waals surface area (Å²) >= 11 is 0. The molecule has 0 saturated heterocycles. The van der Waals surface area contributed by atoms with Crippen molar-refractivity contribution >= 4 is 21.4 Å². The van der Waals surface area contributed by atoms with Gasteiger partial charge in [0.15, 0.2) is 10.6 Å². The van der Waals surface area contributed by atoms with Gasteiger partial charge in [0.25, 0.3) is 0 Å². The molecule has 2 rings (SSSR count). The van der Waals surface area contributed by atoms with Crippen LogP contribution >= 0.6 is 10.6 Å². The highest BCUT2D eigenvalue weighted by atomic mass is 32.3. The topological polar surface area (TPSA) is 88.3 Å². The quantitative estimate of drug-likeness (QED) is 0.679. The first-order valence-corrected chi connectivity index (χ1v) is 7.95. The second-order valence-electron chi connectivity index (χ2n) is 4.21. The van der Waals surface area contributed by atoms with Crippen molar-refractivity contribution in [2.45, 2.75) is 32.6 Å². The van der Waals surface area contributed by atoms with Crippen LogP contribution in [-0.2, 0) is 0 Å². The van der Waals surface area contributed by atoms with E-state index in [9.17, 15) is 14.7 Å². The third kappa shape index (κ3) is 3.13. The zero-order valence-electron chi connectivity index (χ0n) is 12.4. The largest absolute Gasteiger partial charge is 0.197 e. The highest BCUT2D eigenvalue weighted by Crippen LogP contribution is 2.60. The fourth-order valence-electron chi connectivity index (χ4n) is 1.97. The van der Waals surface area contributed by atoms with E-state index in [0.717, 1.165) is 21.9 Å². The van der Waals surface area contributed by atoms with Gasteiger partial charge in [-0.1, -0.05) is 37.6 Å². The first-order chi connectivity index (χ1) is 10.1. The molecule has 0 amide bonds. The Morgan fingerprint density at radius 3 is 1.95 bits per heavy atom. The minimum Gasteiger partial charge on any atom is -0.135 e. The Morgan fingerprint density at radius 1 is 0.857 bits per heavy atom. The first kappa shape index (κ1) is 16.9. The molecular weight excluding hydrogens is 290 g/mol. The highest BCUT2D eigenvalue weighted by Gasteiger charge is 2.32. The lowest BCUT2D eigenvalue weighted by atomic mass is 10.0. The number of rotatable bonds is 4. The molecule has 0 radical (unpaired) electrons. The molecule has 0 aliphatic carbocycles. The highest BCUT2D eigenvalue weighted by molar-refractivity contribution is 8.30. The zero-order valence-corrected chi connectivity index (χ0v) is 13.2. The number of hydrogen-bond donors (Lipinski definition) is 0. The average molecular weight is 307 g/mol. The molecule has 0 unspecified atom stereocenters. The molecule has 2 aromatic rings. The van der Waals surface area contributed by atoms with Crippen LogP contribution in [0.15, 0.2) is 49.0 Å². The van der Waals surface area contributed by atoms with Crippen LogP contribution in [0.2, 0.25) is 0 Å². The van der Waals surface area contributed by atoms with Crippen molar-refractivity contribution < 1.29 is 0 Å². The molecule has 0 aromatic heterocycles. The molecule has 0 bridgehead atoms. The van der Waals surface area contributed by atoms with Gasteiger partial charge in [-0.05, 0) is 42.3 Å². The Bertz CT molecular complexity index is 667. The maximum atomic E-state index is 10.8. The SMILES string of the molecule is CC.Cc1ccc2c(C)cc(S(N=O)(N=O)N=O)cc2c1. The molecule has 0 heterocycles. The number of aryl methyl sites for hydroxylation is 2. The molecule has 7 heteroatoms. The van der Waals surface area contributed by atoms with Crippen molar-refractivity contribution in [2.24, 2.45) is 13.7 Å². The summed E-state index contributed by atoms with van der Waals surface area (Å²) in [5.41, 5.74) is 1.86. The Balaban J connectivity index is 0.00000106. The average Bonchev–Trinajstić information content (AvgIpc) is 2.51. The van der Waals surface area contributed by atoms with E-state index < -0.39 is 10.6 Å². The molecule has 112 valence electrons. The van der Waals surface area contributed by atoms with E-state index in [1.807, 2.05) is 45.9 Å². The standard InChI is InChI=1S/C12H11N3O3S.C2H6/c1-8-3-4-12-9(2)6-11(7-10(12)5-8)19(13-16,14-17)15-18;1-2/h3-7H,1-2H3;1-2H3. The van der Waals surface area contributed by atoms with Crippen LogP contribution in [-0.4, -0.2) is 0 Å². The molecule has 0 saturated carbocycles. The Hall–Kier alpha value is -2.15. The van der Waals surface area contributed by atoms with Crippen molar-refractivity contribution in [2.75, 3.05) is 0 Å². The van der Waals surface area contributed by atoms with E-state index in [2.05, 4.69) is 13.7 Å². The van der Waals surface area contributed by atoms with Crippen molar-refractivity contribution in [3.63, 3.8) is 0 Å². The summed E-state index contributed by atoms with van der Waals surface area (Å²) in [6.07, 6.45) is 0. The Morgan fingerprint density at radius 2 is 1.43 bits per heavy atom. The Kier molecular flexibility index (Phi) is 5.66. The summed E-state index contributed by atoms with van der Waals surface area (Å²) in [5.74, 6) is 0. The summed E-state index contributed by atoms with van der Waals surface area (Å²) in [6, 6.07) is 8.95. The number of nitrogens with zero attached hydrogens (tertiary/aromatic N) is 3. The van der Waals surface area contributed by atoms with Crippen molar-refractivity contribution in [3.8, 4) is 0 Å². The smallest absolute Gasteiger partial charge is 0.135 e. The van der Waals surface area contributed by atoms with Crippen LogP contribution in [0.25, 0.3) is 10.8 Å². The molecular formula is C14H17N3O3S. The van der Waals surface area contributed by atoms with Gasteiger partial charge >= 0.3 is 0 Å². The third-order valence-corrected chi connectivity index (χ3v) is 4.41. The fraction of sp³-hybridized carbons (Fsp3) is 0.286. The summed E-state index contributed by atoms with van der Waals surface area (Å²) < 4.78 is 7.72. The summed E-state index contributed by atoms with van der Waals surface area (Å²) in [7, 11) is -3.41. The van der Waals surface area contributed by atoms with Crippen molar-refractivity contribution in [3.05, 3.63) is 56.2 Å². The molecule has 21 heavy (non-hydrogen) atoms. The molecule has 0 aliphatic heterocycles. The van der Waals surface area contributed by atoms with Crippen LogP contribution in [0, 0.1) is 28.6 Å². The van der Waals surface area contributed by atoms with Gasteiger partial charge in [0, 0.05) is 13.7 Å². The first-order valence-electron chi connectivity index (χ1n) is 6.44. The summed E-state index contributed by atoms with van der Waals surface area (Å²) in [4.78, 5) is 32.6. The predicted octanol–water partition coefficient (Wildman–Crippen LogP) is 5.69. The van der Waals surface area contributed by atoms with Gasteiger partial charge in [0.2, 0.25) is 0 Å². The second-order valence-corrected chi connectivity index (χ2v) is 6.16. The third-order valence-electron chi connectivity index (χ3n) is 2.92. The molecule has 0 spiro atoms. The van der Waals surface area contributed by atoms with E-state index in [0.29, 0.717) is 0 Å². The van der Waals surface area contributed by atoms with Crippen LogP contribution in [0.4, 0.5) is 0 Å². The molecule has 2 aromatic carbocycles. The zero-order chi connectivity index (χ0) is 16.0. The van der Waals surface area contributed by atoms with Gasteiger partial charge in [-0.3, -0.25) is 0 Å². The maximum absolute atomic E-state index is 10.8. The lowest BCUT2D eigenvalue weighted by Gasteiger charge is -2.16. The minimum absolute atomic E-state index is 0.170. The van der Waals surface area contributed by atoms with Crippen LogP contribution < -0.4 is 0 Å². The minimum atomic E-state index is -3.41. The van der Waals surface area contributed by atoms with Gasteiger partial charge in [-0.25, -0.2) is 0 Å². The van der Waals surface area contributed by atoms with Gasteiger partial charge in [0.05, 0.1) is 4.90 Å². The van der Waals surface area contributed by atoms with Crippen LogP contribution in [0.3, 0.4) is 0 Å². The van der Waals surface area contributed by atoms with Gasteiger partial charge in [-0.15, -0.1) is 14.7 Å². The monoisotopic (exact) mass is 307 g/mol. The van der Waals surface area contributed by atoms with E-state index in [1.165, 1.54) is 0 Å².